The first-order chi connectivity index (χ1) is 27.0. The lowest BCUT2D eigenvalue weighted by molar-refractivity contribution is -0.128. The molecule has 7 heteroatoms. The van der Waals surface area contributed by atoms with Gasteiger partial charge in [0.05, 0.1) is 23.5 Å². The van der Waals surface area contributed by atoms with Crippen LogP contribution in [-0.4, -0.2) is 19.0 Å². The van der Waals surface area contributed by atoms with Crippen molar-refractivity contribution in [1.29, 1.82) is 0 Å². The molecular formula is C48H34N2O5. The van der Waals surface area contributed by atoms with E-state index in [4.69, 9.17) is 14.2 Å². The minimum Gasteiger partial charge on any atom is -0.492 e. The molecule has 55 heavy (non-hydrogen) atoms. The number of ether oxygens (including phenoxy) is 3. The van der Waals surface area contributed by atoms with Gasteiger partial charge >= 0.3 is 11.9 Å². The molecule has 0 N–H and O–H groups in total. The highest BCUT2D eigenvalue weighted by Crippen LogP contribution is 2.39. The van der Waals surface area contributed by atoms with E-state index in [1.54, 1.807) is 0 Å². The first-order valence-electron chi connectivity index (χ1n) is 18.0. The second kappa shape index (κ2) is 13.9. The van der Waals surface area contributed by atoms with E-state index in [0.29, 0.717) is 44.0 Å². The van der Waals surface area contributed by atoms with E-state index in [1.807, 2.05) is 128 Å². The molecule has 7 aromatic rings. The monoisotopic (exact) mass is 718 g/mol. The Morgan fingerprint density at radius 3 is 1.11 bits per heavy atom. The molecule has 0 saturated carbocycles. The fourth-order valence-corrected chi connectivity index (χ4v) is 7.52. The van der Waals surface area contributed by atoms with Crippen LogP contribution in [0.25, 0.3) is 11.1 Å². The lowest BCUT2D eigenvalue weighted by atomic mass is 9.97. The Labute approximate surface area is 318 Å². The van der Waals surface area contributed by atoms with Gasteiger partial charge in [0, 0.05) is 44.9 Å². The van der Waals surface area contributed by atoms with Gasteiger partial charge in [-0.05, 0) is 90.8 Å². The number of carbonyl (C=O) groups excluding carboxylic acids is 2. The number of para-hydroxylation sites is 4. The van der Waals surface area contributed by atoms with E-state index in [2.05, 4.69) is 58.3 Å². The van der Waals surface area contributed by atoms with Gasteiger partial charge in [0.25, 0.3) is 0 Å². The van der Waals surface area contributed by atoms with Gasteiger partial charge in [0.2, 0.25) is 0 Å². The summed E-state index contributed by atoms with van der Waals surface area (Å²) >= 11 is 0. The van der Waals surface area contributed by atoms with Crippen LogP contribution in [0, 0.1) is 6.92 Å². The second-order valence-corrected chi connectivity index (χ2v) is 13.2. The van der Waals surface area contributed by atoms with Gasteiger partial charge in [-0.3, -0.25) is 0 Å². The first kappa shape index (κ1) is 33.5. The zero-order valence-electron chi connectivity index (χ0n) is 30.1. The smallest absolute Gasteiger partial charge is 0.345 e. The molecule has 0 unspecified atom stereocenters. The first-order valence-corrected chi connectivity index (χ1v) is 18.0. The molecule has 0 spiro atoms. The highest BCUT2D eigenvalue weighted by Gasteiger charge is 2.37. The number of fused-ring (bicyclic) bond motifs is 2. The van der Waals surface area contributed by atoms with Crippen molar-refractivity contribution in [1.82, 2.24) is 0 Å². The van der Waals surface area contributed by atoms with Crippen LogP contribution in [0.4, 0.5) is 34.1 Å². The number of hydrogen-bond donors (Lipinski definition) is 0. The highest BCUT2D eigenvalue weighted by atomic mass is 16.6. The number of anilines is 6. The van der Waals surface area contributed by atoms with Gasteiger partial charge in [0.1, 0.15) is 5.75 Å². The third kappa shape index (κ3) is 5.79. The normalized spacial score (nSPS) is 12.8. The summed E-state index contributed by atoms with van der Waals surface area (Å²) in [5.74, 6) is -0.119. The molecule has 266 valence electrons. The third-order valence-electron chi connectivity index (χ3n) is 9.99. The molecule has 2 aliphatic heterocycles. The molecule has 0 amide bonds. The average molecular weight is 719 g/mol. The van der Waals surface area contributed by atoms with Crippen LogP contribution in [0.15, 0.2) is 170 Å². The summed E-state index contributed by atoms with van der Waals surface area (Å²) in [6, 6.07) is 56.0. The van der Waals surface area contributed by atoms with E-state index in [9.17, 15) is 9.59 Å². The lowest BCUT2D eigenvalue weighted by Crippen LogP contribution is -2.19. The lowest BCUT2D eigenvalue weighted by Gasteiger charge is -2.25. The summed E-state index contributed by atoms with van der Waals surface area (Å²) in [6.07, 6.45) is 0. The molecule has 0 aliphatic carbocycles. The molecule has 0 radical (unpaired) electrons. The number of methoxy groups -OCH3 is 1. The second-order valence-electron chi connectivity index (χ2n) is 13.2. The quantitative estimate of drug-likeness (QED) is 0.109. The molecule has 0 bridgehead atoms. The van der Waals surface area contributed by atoms with Crippen molar-refractivity contribution in [2.24, 2.45) is 0 Å². The fourth-order valence-electron chi connectivity index (χ4n) is 7.52. The van der Waals surface area contributed by atoms with Crippen LogP contribution in [0.5, 0.6) is 17.2 Å². The number of rotatable bonds is 9. The van der Waals surface area contributed by atoms with Gasteiger partial charge in [0.15, 0.2) is 11.5 Å². The van der Waals surface area contributed by atoms with Gasteiger partial charge in [-0.1, -0.05) is 97.1 Å². The van der Waals surface area contributed by atoms with Gasteiger partial charge in [-0.25, -0.2) is 9.59 Å². The van der Waals surface area contributed by atoms with Crippen LogP contribution >= 0.6 is 0 Å². The molecule has 0 aromatic heterocycles. The Hall–Kier alpha value is -7.38. The number of carbonyl (C=O) groups is 2. The standard InChI is InChI=1S/C48H34N2O5/c1-31-40-41(32-23-27-38(28-24-32)49(34-15-7-3-8-16-34)35-17-9-4-10-18-35)47(51)55-46(40)45(53-2)43-42(48(52)54-44(31)43)33-25-29-39(30-26-33)50(36-19-11-5-12-20-36)37-21-13-6-14-22-37/h3-30H,1-2H3. The summed E-state index contributed by atoms with van der Waals surface area (Å²) in [4.78, 5) is 31.8. The zero-order valence-corrected chi connectivity index (χ0v) is 30.1. The van der Waals surface area contributed by atoms with Crippen LogP contribution < -0.4 is 34.4 Å². The predicted molar refractivity (Wildman–Crippen MR) is 216 cm³/mol. The van der Waals surface area contributed by atoms with E-state index in [-0.39, 0.29) is 11.5 Å². The predicted octanol–water partition coefficient (Wildman–Crippen LogP) is 9.18. The molecule has 0 saturated heterocycles. The van der Waals surface area contributed by atoms with Gasteiger partial charge < -0.3 is 24.0 Å². The Kier molecular flexibility index (Phi) is 8.44. The van der Waals surface area contributed by atoms with Gasteiger partial charge in [-0.2, -0.15) is 0 Å². The third-order valence-corrected chi connectivity index (χ3v) is 9.99. The van der Waals surface area contributed by atoms with Crippen molar-refractivity contribution in [3.05, 3.63) is 197 Å². The maximum Gasteiger partial charge on any atom is 0.345 e. The van der Waals surface area contributed by atoms with Crippen LogP contribution in [0.2, 0.25) is 0 Å². The molecule has 7 aromatic carbocycles. The maximum atomic E-state index is 13.7. The van der Waals surface area contributed by atoms with Crippen molar-refractivity contribution < 1.29 is 23.8 Å². The van der Waals surface area contributed by atoms with E-state index in [0.717, 1.165) is 34.1 Å². The summed E-state index contributed by atoms with van der Waals surface area (Å²) in [7, 11) is 1.51. The highest BCUT2D eigenvalue weighted by molar-refractivity contribution is 6.22. The molecule has 7 nitrogen and oxygen atoms in total. The van der Waals surface area contributed by atoms with Crippen molar-refractivity contribution in [2.75, 3.05) is 16.9 Å². The van der Waals surface area contributed by atoms with Crippen LogP contribution in [0.1, 0.15) is 16.7 Å². The molecule has 9 rings (SSSR count). The summed E-state index contributed by atoms with van der Waals surface area (Å²) in [6.45, 7) is 1.84. The van der Waals surface area contributed by atoms with E-state index >= 15 is 0 Å². The minimum absolute atomic E-state index is 0.268. The van der Waals surface area contributed by atoms with Gasteiger partial charge in [-0.15, -0.1) is 0 Å². The molecule has 2 heterocycles. The van der Waals surface area contributed by atoms with Crippen molar-refractivity contribution >= 4 is 57.2 Å². The van der Waals surface area contributed by atoms with Crippen molar-refractivity contribution in [3.8, 4) is 17.2 Å². The molecular weight excluding hydrogens is 685 g/mol. The average Bonchev–Trinajstić information content (AvgIpc) is 3.77. The van der Waals surface area contributed by atoms with E-state index < -0.39 is 11.9 Å². The number of esters is 2. The van der Waals surface area contributed by atoms with Crippen LogP contribution in [-0.2, 0) is 9.59 Å². The number of hydrogen-bond acceptors (Lipinski definition) is 7. The minimum atomic E-state index is -0.505. The number of nitrogens with zero attached hydrogens (tertiary/aromatic N) is 2. The largest absolute Gasteiger partial charge is 0.492 e. The van der Waals surface area contributed by atoms with E-state index in [1.165, 1.54) is 7.11 Å². The van der Waals surface area contributed by atoms with Crippen molar-refractivity contribution in [2.45, 2.75) is 6.92 Å². The molecule has 2 aliphatic rings. The number of benzene rings is 7. The van der Waals surface area contributed by atoms with Crippen LogP contribution in [0.3, 0.4) is 0 Å². The SMILES string of the molecule is COc1c2c(c(C)c3c1=C(c1ccc(N(c4ccccc4)c4ccccc4)cc1)C(=O)O3)=C(c1ccc(N(c3ccccc3)c3ccccc3)cc1)C(=O)O2. The fraction of sp³-hybridized carbons (Fsp3) is 0.0417. The Morgan fingerprint density at radius 2 is 0.745 bits per heavy atom. The van der Waals surface area contributed by atoms with Crippen molar-refractivity contribution in [3.63, 3.8) is 0 Å². The Balaban J connectivity index is 1.15. The summed E-state index contributed by atoms with van der Waals surface area (Å²) in [5.41, 5.74) is 8.50. The summed E-state index contributed by atoms with van der Waals surface area (Å²) in [5, 5.41) is 1.01. The maximum absolute atomic E-state index is 13.7. The molecule has 0 atom stereocenters. The summed E-state index contributed by atoms with van der Waals surface area (Å²) < 4.78 is 17.9. The molecule has 0 fully saturated rings. The zero-order chi connectivity index (χ0) is 37.5. The Bertz CT molecular complexity index is 2620. The Morgan fingerprint density at radius 1 is 0.418 bits per heavy atom. The topological polar surface area (TPSA) is 68.3 Å².